The number of ether oxygens (including phenoxy) is 1. The predicted molar refractivity (Wildman–Crippen MR) is 82.0 cm³/mol. The Morgan fingerprint density at radius 1 is 1.33 bits per heavy atom. The molecule has 0 aromatic carbocycles. The molecular formula is C15H20N2O3S. The van der Waals surface area contributed by atoms with Crippen molar-refractivity contribution in [2.24, 2.45) is 0 Å². The van der Waals surface area contributed by atoms with Crippen LogP contribution in [0.25, 0.3) is 0 Å². The second-order valence-electron chi connectivity index (χ2n) is 5.37. The fourth-order valence-corrected chi connectivity index (χ4v) is 3.05. The Morgan fingerprint density at radius 3 is 2.62 bits per heavy atom. The Labute approximate surface area is 129 Å². The van der Waals surface area contributed by atoms with Crippen LogP contribution in [0.1, 0.15) is 58.5 Å². The van der Waals surface area contributed by atoms with Gasteiger partial charge in [-0.2, -0.15) is 0 Å². The number of nitrogens with one attached hydrogen (secondary N) is 2. The van der Waals surface area contributed by atoms with Crippen LogP contribution in [-0.4, -0.2) is 30.0 Å². The normalized spacial score (nSPS) is 15.5. The van der Waals surface area contributed by atoms with E-state index < -0.39 is 5.97 Å². The van der Waals surface area contributed by atoms with Crippen molar-refractivity contribution in [1.82, 2.24) is 10.3 Å². The molecule has 0 bridgehead atoms. The summed E-state index contributed by atoms with van der Waals surface area (Å²) >= 11 is 5.21. The van der Waals surface area contributed by atoms with E-state index in [0.717, 1.165) is 31.4 Å². The van der Waals surface area contributed by atoms with Gasteiger partial charge in [-0.25, -0.2) is 4.79 Å². The average Bonchev–Trinajstić information content (AvgIpc) is 2.46. The van der Waals surface area contributed by atoms with E-state index in [4.69, 9.17) is 17.0 Å². The fourth-order valence-electron chi connectivity index (χ4n) is 2.69. The van der Waals surface area contributed by atoms with E-state index >= 15 is 0 Å². The number of aromatic amines is 1. The Kier molecular flexibility index (Phi) is 5.12. The molecule has 114 valence electrons. The number of hydrogen-bond acceptors (Lipinski definition) is 4. The Balaban J connectivity index is 2.30. The highest BCUT2D eigenvalue weighted by Gasteiger charge is 2.23. The summed E-state index contributed by atoms with van der Waals surface area (Å²) in [5, 5.41) is 2.98. The van der Waals surface area contributed by atoms with Crippen LogP contribution in [0, 0.1) is 11.6 Å². The Bertz CT molecular complexity index is 603. The molecule has 0 unspecified atom stereocenters. The minimum absolute atomic E-state index is 0.160. The highest BCUT2D eigenvalue weighted by Crippen LogP contribution is 2.19. The van der Waals surface area contributed by atoms with Gasteiger partial charge in [-0.05, 0) is 25.8 Å². The van der Waals surface area contributed by atoms with E-state index in [9.17, 15) is 9.59 Å². The second-order valence-corrected chi connectivity index (χ2v) is 5.78. The number of hydrogen-bond donors (Lipinski definition) is 2. The maximum absolute atomic E-state index is 12.5. The summed E-state index contributed by atoms with van der Waals surface area (Å²) in [5.74, 6) is -0.851. The maximum Gasteiger partial charge on any atom is 0.338 e. The molecular weight excluding hydrogens is 288 g/mol. The number of rotatable bonds is 3. The van der Waals surface area contributed by atoms with E-state index in [0.29, 0.717) is 0 Å². The first-order valence-electron chi connectivity index (χ1n) is 7.16. The zero-order valence-electron chi connectivity index (χ0n) is 12.3. The highest BCUT2D eigenvalue weighted by atomic mass is 32.1. The lowest BCUT2D eigenvalue weighted by molar-refractivity contribution is 0.0595. The summed E-state index contributed by atoms with van der Waals surface area (Å²) < 4.78 is 5.02. The fraction of sp³-hybridized carbons (Fsp3) is 0.533. The van der Waals surface area contributed by atoms with Crippen LogP contribution in [0.3, 0.4) is 0 Å². The molecule has 1 aliphatic carbocycles. The minimum Gasteiger partial charge on any atom is -0.465 e. The summed E-state index contributed by atoms with van der Waals surface area (Å²) in [7, 11) is 1.29. The number of amides is 1. The smallest absolute Gasteiger partial charge is 0.338 e. The first-order valence-corrected chi connectivity index (χ1v) is 7.57. The lowest BCUT2D eigenvalue weighted by Gasteiger charge is -2.23. The minimum atomic E-state index is -0.549. The van der Waals surface area contributed by atoms with Crippen molar-refractivity contribution in [3.05, 3.63) is 27.5 Å². The molecule has 1 amide bonds. The monoisotopic (exact) mass is 308 g/mol. The van der Waals surface area contributed by atoms with Crippen LogP contribution in [0.5, 0.6) is 0 Å². The van der Waals surface area contributed by atoms with Crippen LogP contribution in [-0.2, 0) is 4.74 Å². The van der Waals surface area contributed by atoms with E-state index in [1.54, 1.807) is 13.0 Å². The van der Waals surface area contributed by atoms with Crippen molar-refractivity contribution in [2.75, 3.05) is 7.11 Å². The van der Waals surface area contributed by atoms with Gasteiger partial charge in [0, 0.05) is 11.7 Å². The van der Waals surface area contributed by atoms with Gasteiger partial charge in [-0.3, -0.25) is 4.79 Å². The quantitative estimate of drug-likeness (QED) is 0.665. The second kappa shape index (κ2) is 6.85. The third kappa shape index (κ3) is 3.69. The number of H-pyrrole nitrogens is 1. The first-order chi connectivity index (χ1) is 10.0. The Hall–Kier alpha value is -1.69. The Morgan fingerprint density at radius 2 is 2.00 bits per heavy atom. The molecule has 0 atom stereocenters. The lowest BCUT2D eigenvalue weighted by Crippen LogP contribution is -2.37. The number of methoxy groups -OCH3 is 1. The summed E-state index contributed by atoms with van der Waals surface area (Å²) in [6, 6.07) is 1.75. The van der Waals surface area contributed by atoms with E-state index in [2.05, 4.69) is 10.3 Å². The van der Waals surface area contributed by atoms with Gasteiger partial charge >= 0.3 is 5.97 Å². The van der Waals surface area contributed by atoms with Gasteiger partial charge in [0.2, 0.25) is 0 Å². The molecule has 6 heteroatoms. The number of pyridine rings is 1. The van der Waals surface area contributed by atoms with E-state index in [1.807, 2.05) is 0 Å². The molecule has 5 nitrogen and oxygen atoms in total. The van der Waals surface area contributed by atoms with Gasteiger partial charge in [-0.1, -0.05) is 31.5 Å². The molecule has 0 radical (unpaired) electrons. The molecule has 2 N–H and O–H groups in total. The molecule has 1 aliphatic rings. The molecule has 0 aliphatic heterocycles. The third-order valence-corrected chi connectivity index (χ3v) is 4.05. The SMILES string of the molecule is COC(=O)c1cc(C)[nH]c(=S)c1C(=O)NC1CCCCC1. The summed E-state index contributed by atoms with van der Waals surface area (Å²) in [4.78, 5) is 27.3. The van der Waals surface area contributed by atoms with Crippen molar-refractivity contribution in [1.29, 1.82) is 0 Å². The standard InChI is InChI=1S/C15H20N2O3S/c1-9-8-11(15(19)20-2)12(14(21)16-9)13(18)17-10-6-4-3-5-7-10/h8,10H,3-7H2,1-2H3,(H,16,21)(H,17,18). The maximum atomic E-state index is 12.5. The van der Waals surface area contributed by atoms with Gasteiger partial charge in [0.25, 0.3) is 5.91 Å². The number of aromatic nitrogens is 1. The van der Waals surface area contributed by atoms with Gasteiger partial charge < -0.3 is 15.0 Å². The number of aryl methyl sites for hydroxylation is 1. The molecule has 1 fully saturated rings. The third-order valence-electron chi connectivity index (χ3n) is 3.74. The largest absolute Gasteiger partial charge is 0.465 e. The summed E-state index contributed by atoms with van der Waals surface area (Å²) in [5.41, 5.74) is 1.13. The summed E-state index contributed by atoms with van der Waals surface area (Å²) in [6.07, 6.45) is 5.40. The molecule has 21 heavy (non-hydrogen) atoms. The molecule has 0 spiro atoms. The molecule has 1 aromatic heterocycles. The number of esters is 1. The molecule has 1 saturated carbocycles. The van der Waals surface area contributed by atoms with Gasteiger partial charge in [0.05, 0.1) is 18.2 Å². The van der Waals surface area contributed by atoms with Crippen molar-refractivity contribution in [3.8, 4) is 0 Å². The van der Waals surface area contributed by atoms with Crippen LogP contribution >= 0.6 is 12.2 Å². The van der Waals surface area contributed by atoms with Crippen molar-refractivity contribution in [2.45, 2.75) is 45.1 Å². The zero-order chi connectivity index (χ0) is 15.4. The van der Waals surface area contributed by atoms with Gasteiger partial charge in [0.1, 0.15) is 4.64 Å². The van der Waals surface area contributed by atoms with Crippen molar-refractivity contribution >= 4 is 24.1 Å². The van der Waals surface area contributed by atoms with Crippen LogP contribution in [0.2, 0.25) is 0 Å². The number of carbonyl (C=O) groups excluding carboxylic acids is 2. The molecule has 0 saturated heterocycles. The number of carbonyl (C=O) groups is 2. The van der Waals surface area contributed by atoms with Gasteiger partial charge in [-0.15, -0.1) is 0 Å². The lowest BCUT2D eigenvalue weighted by atomic mass is 9.95. The summed E-state index contributed by atoms with van der Waals surface area (Å²) in [6.45, 7) is 1.78. The first kappa shape index (κ1) is 15.7. The van der Waals surface area contributed by atoms with Crippen molar-refractivity contribution < 1.29 is 14.3 Å². The zero-order valence-corrected chi connectivity index (χ0v) is 13.1. The highest BCUT2D eigenvalue weighted by molar-refractivity contribution is 7.71. The molecule has 2 rings (SSSR count). The predicted octanol–water partition coefficient (Wildman–Crippen LogP) is 2.90. The molecule has 1 aromatic rings. The van der Waals surface area contributed by atoms with Crippen LogP contribution < -0.4 is 5.32 Å². The van der Waals surface area contributed by atoms with Crippen LogP contribution in [0.4, 0.5) is 0 Å². The van der Waals surface area contributed by atoms with Crippen molar-refractivity contribution in [3.63, 3.8) is 0 Å². The molecule has 1 heterocycles. The topological polar surface area (TPSA) is 71.2 Å². The van der Waals surface area contributed by atoms with E-state index in [-0.39, 0.29) is 27.7 Å². The van der Waals surface area contributed by atoms with Gasteiger partial charge in [0.15, 0.2) is 0 Å². The van der Waals surface area contributed by atoms with E-state index in [1.165, 1.54) is 13.5 Å². The van der Waals surface area contributed by atoms with Crippen LogP contribution in [0.15, 0.2) is 6.07 Å². The average molecular weight is 308 g/mol.